The van der Waals surface area contributed by atoms with Crippen molar-refractivity contribution in [1.82, 2.24) is 20.4 Å². The van der Waals surface area contributed by atoms with Crippen LogP contribution in [0, 0.1) is 5.82 Å². The van der Waals surface area contributed by atoms with E-state index in [1.54, 1.807) is 6.07 Å². The van der Waals surface area contributed by atoms with Gasteiger partial charge in [-0.2, -0.15) is 0 Å². The van der Waals surface area contributed by atoms with E-state index in [1.165, 1.54) is 35.6 Å². The summed E-state index contributed by atoms with van der Waals surface area (Å²) in [5.74, 6) is -0.596. The predicted molar refractivity (Wildman–Crippen MR) is 110 cm³/mol. The second-order valence-electron chi connectivity index (χ2n) is 6.25. The van der Waals surface area contributed by atoms with Crippen LogP contribution in [0.25, 0.3) is 21.7 Å². The Morgan fingerprint density at radius 1 is 1.00 bits per heavy atom. The Kier molecular flexibility index (Phi) is 5.09. The minimum atomic E-state index is -0.525. The molecule has 0 saturated heterocycles. The standard InChI is InChI=1S/C21H17FN4O2S/c1-2-26-16-6-4-3-5-15(16)23-19(26)17-11-12-18(29-17)21(28)25-24-20(27)13-7-9-14(22)10-8-13/h3-12H,2H2,1H3,(H,24,27)(H,25,28). The van der Waals surface area contributed by atoms with Gasteiger partial charge in [0.1, 0.15) is 5.82 Å². The molecule has 0 fully saturated rings. The number of benzene rings is 2. The van der Waals surface area contributed by atoms with Crippen LogP contribution in [0.5, 0.6) is 0 Å². The van der Waals surface area contributed by atoms with Crippen LogP contribution in [-0.2, 0) is 6.54 Å². The van der Waals surface area contributed by atoms with Gasteiger partial charge < -0.3 is 4.57 Å². The number of amides is 2. The number of hydrogen-bond acceptors (Lipinski definition) is 4. The van der Waals surface area contributed by atoms with Crippen LogP contribution < -0.4 is 10.9 Å². The first-order chi connectivity index (χ1) is 14.1. The molecule has 4 rings (SSSR count). The van der Waals surface area contributed by atoms with Crippen LogP contribution in [0.2, 0.25) is 0 Å². The molecule has 0 aliphatic rings. The fourth-order valence-corrected chi connectivity index (χ4v) is 3.91. The first kappa shape index (κ1) is 18.8. The second kappa shape index (κ2) is 7.84. The first-order valence-electron chi connectivity index (χ1n) is 8.98. The maximum atomic E-state index is 12.9. The topological polar surface area (TPSA) is 76.0 Å². The molecular formula is C21H17FN4O2S. The summed E-state index contributed by atoms with van der Waals surface area (Å²) in [7, 11) is 0. The number of nitrogens with one attached hydrogen (secondary N) is 2. The lowest BCUT2D eigenvalue weighted by atomic mass is 10.2. The van der Waals surface area contributed by atoms with Crippen molar-refractivity contribution in [2.75, 3.05) is 0 Å². The SMILES string of the molecule is CCn1c(-c2ccc(C(=O)NNC(=O)c3ccc(F)cc3)s2)nc2ccccc21. The van der Waals surface area contributed by atoms with E-state index in [0.717, 1.165) is 28.3 Å². The molecular weight excluding hydrogens is 391 g/mol. The highest BCUT2D eigenvalue weighted by molar-refractivity contribution is 7.17. The van der Waals surface area contributed by atoms with E-state index in [9.17, 15) is 14.0 Å². The highest BCUT2D eigenvalue weighted by Gasteiger charge is 2.16. The number of aryl methyl sites for hydroxylation is 1. The van der Waals surface area contributed by atoms with Crippen molar-refractivity contribution in [2.45, 2.75) is 13.5 Å². The third-order valence-corrected chi connectivity index (χ3v) is 5.50. The molecule has 29 heavy (non-hydrogen) atoms. The van der Waals surface area contributed by atoms with E-state index in [4.69, 9.17) is 0 Å². The van der Waals surface area contributed by atoms with Gasteiger partial charge in [-0.15, -0.1) is 11.3 Å². The van der Waals surface area contributed by atoms with E-state index in [2.05, 4.69) is 20.4 Å². The largest absolute Gasteiger partial charge is 0.324 e. The number of para-hydroxylation sites is 2. The number of fused-ring (bicyclic) bond motifs is 1. The normalized spacial score (nSPS) is 10.8. The Bertz CT molecular complexity index is 1200. The summed E-state index contributed by atoms with van der Waals surface area (Å²) in [6.07, 6.45) is 0. The summed E-state index contributed by atoms with van der Waals surface area (Å²) in [4.78, 5) is 30.4. The van der Waals surface area contributed by atoms with E-state index < -0.39 is 17.6 Å². The molecule has 8 heteroatoms. The molecule has 0 saturated carbocycles. The lowest BCUT2D eigenvalue weighted by Gasteiger charge is -2.06. The summed E-state index contributed by atoms with van der Waals surface area (Å²) >= 11 is 1.29. The van der Waals surface area contributed by atoms with Crippen molar-refractivity contribution in [3.8, 4) is 10.7 Å². The highest BCUT2D eigenvalue weighted by Crippen LogP contribution is 2.30. The molecule has 2 heterocycles. The Morgan fingerprint density at radius 3 is 2.48 bits per heavy atom. The molecule has 2 aromatic heterocycles. The smallest absolute Gasteiger partial charge is 0.279 e. The van der Waals surface area contributed by atoms with Gasteiger partial charge in [0.25, 0.3) is 11.8 Å². The van der Waals surface area contributed by atoms with Crippen molar-refractivity contribution in [3.05, 3.63) is 76.9 Å². The minimum Gasteiger partial charge on any atom is -0.324 e. The number of nitrogens with zero attached hydrogens (tertiary/aromatic N) is 2. The van der Waals surface area contributed by atoms with E-state index >= 15 is 0 Å². The van der Waals surface area contributed by atoms with E-state index in [1.807, 2.05) is 37.3 Å². The average molecular weight is 408 g/mol. The number of rotatable bonds is 4. The van der Waals surface area contributed by atoms with Gasteiger partial charge in [-0.05, 0) is 55.5 Å². The Hall–Kier alpha value is -3.52. The molecule has 146 valence electrons. The zero-order chi connectivity index (χ0) is 20.4. The molecule has 0 bridgehead atoms. The zero-order valence-electron chi connectivity index (χ0n) is 15.5. The Balaban J connectivity index is 1.50. The van der Waals surface area contributed by atoms with Gasteiger partial charge >= 0.3 is 0 Å². The van der Waals surface area contributed by atoms with Gasteiger partial charge in [0.15, 0.2) is 5.82 Å². The van der Waals surface area contributed by atoms with E-state index in [-0.39, 0.29) is 5.56 Å². The molecule has 0 atom stereocenters. The summed E-state index contributed by atoms with van der Waals surface area (Å²) in [6.45, 7) is 2.80. The van der Waals surface area contributed by atoms with Crippen LogP contribution in [-0.4, -0.2) is 21.4 Å². The number of halogens is 1. The average Bonchev–Trinajstić information content (AvgIpc) is 3.36. The first-order valence-corrected chi connectivity index (χ1v) is 9.80. The van der Waals surface area contributed by atoms with Gasteiger partial charge in [-0.3, -0.25) is 20.4 Å². The van der Waals surface area contributed by atoms with Gasteiger partial charge in [0.05, 0.1) is 20.8 Å². The fourth-order valence-electron chi connectivity index (χ4n) is 3.01. The molecule has 0 aliphatic heterocycles. The third-order valence-electron chi connectivity index (χ3n) is 4.42. The molecule has 0 unspecified atom stereocenters. The fraction of sp³-hybridized carbons (Fsp3) is 0.0952. The second-order valence-corrected chi connectivity index (χ2v) is 7.33. The van der Waals surface area contributed by atoms with Gasteiger partial charge in [0, 0.05) is 12.1 Å². The van der Waals surface area contributed by atoms with E-state index in [0.29, 0.717) is 4.88 Å². The van der Waals surface area contributed by atoms with Crippen LogP contribution >= 0.6 is 11.3 Å². The van der Waals surface area contributed by atoms with Crippen molar-refractivity contribution in [2.24, 2.45) is 0 Å². The van der Waals surface area contributed by atoms with Crippen molar-refractivity contribution < 1.29 is 14.0 Å². The molecule has 4 aromatic rings. The van der Waals surface area contributed by atoms with Gasteiger partial charge in [0.2, 0.25) is 0 Å². The molecule has 2 N–H and O–H groups in total. The number of hydrazine groups is 1. The molecule has 0 radical (unpaired) electrons. The van der Waals surface area contributed by atoms with Gasteiger partial charge in [-0.25, -0.2) is 9.37 Å². The van der Waals surface area contributed by atoms with Crippen LogP contribution in [0.4, 0.5) is 4.39 Å². The van der Waals surface area contributed by atoms with Crippen molar-refractivity contribution >= 4 is 34.2 Å². The number of thiophene rings is 1. The lowest BCUT2D eigenvalue weighted by Crippen LogP contribution is -2.41. The maximum Gasteiger partial charge on any atom is 0.279 e. The van der Waals surface area contributed by atoms with Crippen LogP contribution in [0.15, 0.2) is 60.7 Å². The van der Waals surface area contributed by atoms with Gasteiger partial charge in [-0.1, -0.05) is 12.1 Å². The summed E-state index contributed by atoms with van der Waals surface area (Å²) in [5.41, 5.74) is 6.90. The number of carbonyl (C=O) groups is 2. The number of imidazole rings is 1. The molecule has 0 spiro atoms. The summed E-state index contributed by atoms with van der Waals surface area (Å²) in [6, 6.07) is 16.5. The molecule has 0 aliphatic carbocycles. The Labute approximate surface area is 170 Å². The summed E-state index contributed by atoms with van der Waals surface area (Å²) < 4.78 is 15.0. The monoisotopic (exact) mass is 408 g/mol. The number of aromatic nitrogens is 2. The number of hydrogen-bond donors (Lipinski definition) is 2. The maximum absolute atomic E-state index is 12.9. The quantitative estimate of drug-likeness (QED) is 0.501. The molecule has 6 nitrogen and oxygen atoms in total. The predicted octanol–water partition coefficient (Wildman–Crippen LogP) is 4.00. The third kappa shape index (κ3) is 3.74. The molecule has 2 aromatic carbocycles. The van der Waals surface area contributed by atoms with Crippen molar-refractivity contribution in [3.63, 3.8) is 0 Å². The van der Waals surface area contributed by atoms with Crippen LogP contribution in [0.3, 0.4) is 0 Å². The minimum absolute atomic E-state index is 0.246. The number of carbonyl (C=O) groups excluding carboxylic acids is 2. The highest BCUT2D eigenvalue weighted by atomic mass is 32.1. The molecule has 2 amide bonds. The lowest BCUT2D eigenvalue weighted by molar-refractivity contribution is 0.0849. The van der Waals surface area contributed by atoms with Crippen LogP contribution in [0.1, 0.15) is 27.0 Å². The van der Waals surface area contributed by atoms with Crippen molar-refractivity contribution in [1.29, 1.82) is 0 Å². The Morgan fingerprint density at radius 2 is 1.72 bits per heavy atom. The zero-order valence-corrected chi connectivity index (χ0v) is 16.3. The summed E-state index contributed by atoms with van der Waals surface area (Å²) in [5, 5.41) is 0.